The van der Waals surface area contributed by atoms with Gasteiger partial charge in [0.1, 0.15) is 0 Å². The van der Waals surface area contributed by atoms with Crippen LogP contribution >= 0.6 is 0 Å². The van der Waals surface area contributed by atoms with Crippen LogP contribution in [0, 0.1) is 11.3 Å². The molecule has 32 heavy (non-hydrogen) atoms. The summed E-state index contributed by atoms with van der Waals surface area (Å²) < 4.78 is 5.12. The zero-order valence-electron chi connectivity index (χ0n) is 17.7. The van der Waals surface area contributed by atoms with E-state index in [1.54, 1.807) is 18.2 Å². The van der Waals surface area contributed by atoms with E-state index in [9.17, 15) is 14.4 Å². The van der Waals surface area contributed by atoms with Gasteiger partial charge in [0.15, 0.2) is 6.61 Å². The fourth-order valence-electron chi connectivity index (χ4n) is 3.24. The van der Waals surface area contributed by atoms with Crippen LogP contribution in [0.15, 0.2) is 66.7 Å². The second-order valence-corrected chi connectivity index (χ2v) is 7.21. The van der Waals surface area contributed by atoms with Gasteiger partial charge in [-0.25, -0.2) is 4.79 Å². The van der Waals surface area contributed by atoms with E-state index in [0.29, 0.717) is 5.69 Å². The molecule has 0 saturated carbocycles. The number of carbonyl (C=O) groups excluding carboxylic acids is 3. The normalized spacial score (nSPS) is 10.2. The van der Waals surface area contributed by atoms with Crippen LogP contribution in [-0.2, 0) is 20.7 Å². The zero-order chi connectivity index (χ0) is 22.9. The van der Waals surface area contributed by atoms with Crippen LogP contribution in [-0.4, -0.2) is 42.9 Å². The molecule has 1 N–H and O–H groups in total. The predicted molar refractivity (Wildman–Crippen MR) is 121 cm³/mol. The Labute approximate surface area is 186 Å². The average molecular weight is 429 g/mol. The molecule has 0 aliphatic heterocycles. The number of para-hydroxylation sites is 1. The number of fused-ring (bicyclic) bond motifs is 1. The van der Waals surface area contributed by atoms with Crippen LogP contribution in [0.1, 0.15) is 22.3 Å². The molecule has 3 aromatic carbocycles. The van der Waals surface area contributed by atoms with Gasteiger partial charge in [-0.3, -0.25) is 9.59 Å². The van der Waals surface area contributed by atoms with Crippen LogP contribution in [0.3, 0.4) is 0 Å². The number of nitriles is 1. The van der Waals surface area contributed by atoms with Gasteiger partial charge in [-0.2, -0.15) is 5.26 Å². The minimum atomic E-state index is -0.715. The summed E-state index contributed by atoms with van der Waals surface area (Å²) in [6.07, 6.45) is 0.342. The highest BCUT2D eigenvalue weighted by molar-refractivity contribution is 6.03. The Morgan fingerprint density at radius 3 is 2.53 bits per heavy atom. The SMILES string of the molecule is CN(CCC#N)C(=O)COC(=O)c1ccccc1NC(=O)Cc1cccc2ccccc12. The fraction of sp³-hybridized carbons (Fsp3) is 0.200. The van der Waals surface area contributed by atoms with Gasteiger partial charge in [-0.05, 0) is 28.5 Å². The van der Waals surface area contributed by atoms with Crippen molar-refractivity contribution in [2.75, 3.05) is 25.5 Å². The lowest BCUT2D eigenvalue weighted by Crippen LogP contribution is -2.32. The number of ether oxygens (including phenoxy) is 1. The quantitative estimate of drug-likeness (QED) is 0.552. The molecule has 0 bridgehead atoms. The molecule has 0 unspecified atom stereocenters. The summed E-state index contributed by atoms with van der Waals surface area (Å²) in [5, 5.41) is 13.4. The second kappa shape index (κ2) is 10.7. The number of anilines is 1. The van der Waals surface area contributed by atoms with Crippen molar-refractivity contribution in [3.05, 3.63) is 77.9 Å². The van der Waals surface area contributed by atoms with E-state index in [2.05, 4.69) is 5.32 Å². The van der Waals surface area contributed by atoms with Gasteiger partial charge in [0.25, 0.3) is 5.91 Å². The van der Waals surface area contributed by atoms with Crippen molar-refractivity contribution in [1.82, 2.24) is 4.90 Å². The van der Waals surface area contributed by atoms with Crippen molar-refractivity contribution in [1.29, 1.82) is 5.26 Å². The zero-order valence-corrected chi connectivity index (χ0v) is 17.7. The van der Waals surface area contributed by atoms with Crippen molar-refractivity contribution >= 4 is 34.2 Å². The molecule has 0 radical (unpaired) electrons. The van der Waals surface area contributed by atoms with Crippen molar-refractivity contribution in [3.8, 4) is 6.07 Å². The van der Waals surface area contributed by atoms with Crippen molar-refractivity contribution in [3.63, 3.8) is 0 Å². The number of nitrogens with one attached hydrogen (secondary N) is 1. The third-order valence-electron chi connectivity index (χ3n) is 4.96. The molecule has 0 spiro atoms. The van der Waals surface area contributed by atoms with Crippen LogP contribution in [0.2, 0.25) is 0 Å². The number of rotatable bonds is 8. The fourth-order valence-corrected chi connectivity index (χ4v) is 3.24. The Hall–Kier alpha value is -4.18. The highest BCUT2D eigenvalue weighted by Crippen LogP contribution is 2.21. The molecule has 0 fully saturated rings. The molecule has 162 valence electrons. The Bertz CT molecular complexity index is 1180. The molecule has 0 saturated heterocycles. The van der Waals surface area contributed by atoms with Gasteiger partial charge < -0.3 is 15.0 Å². The summed E-state index contributed by atoms with van der Waals surface area (Å²) in [4.78, 5) is 38.6. The molecule has 0 atom stereocenters. The van der Waals surface area contributed by atoms with Crippen LogP contribution in [0.4, 0.5) is 5.69 Å². The number of carbonyl (C=O) groups is 3. The molecular weight excluding hydrogens is 406 g/mol. The lowest BCUT2D eigenvalue weighted by Gasteiger charge is -2.16. The molecule has 3 rings (SSSR count). The van der Waals surface area contributed by atoms with E-state index in [4.69, 9.17) is 10.00 Å². The average Bonchev–Trinajstić information content (AvgIpc) is 2.81. The topological polar surface area (TPSA) is 99.5 Å². The Balaban J connectivity index is 1.65. The standard InChI is InChI=1S/C25H23N3O4/c1-28(15-7-14-26)24(30)17-32-25(31)21-12-4-5-13-22(21)27-23(29)16-19-10-6-9-18-8-2-3-11-20(18)19/h2-6,8-13H,7,15-17H2,1H3,(H,27,29). The van der Waals surface area contributed by atoms with Crippen molar-refractivity contribution in [2.45, 2.75) is 12.8 Å². The van der Waals surface area contributed by atoms with Gasteiger partial charge in [-0.15, -0.1) is 0 Å². The Kier molecular flexibility index (Phi) is 7.55. The summed E-state index contributed by atoms with van der Waals surface area (Å²) in [7, 11) is 1.54. The molecule has 7 heteroatoms. The molecule has 0 heterocycles. The van der Waals surface area contributed by atoms with Crippen molar-refractivity contribution in [2.24, 2.45) is 0 Å². The van der Waals surface area contributed by atoms with Crippen molar-refractivity contribution < 1.29 is 19.1 Å². The minimum absolute atomic E-state index is 0.146. The predicted octanol–water partition coefficient (Wildman–Crippen LogP) is 3.55. The summed E-state index contributed by atoms with van der Waals surface area (Å²) in [6.45, 7) is -0.188. The number of hydrogen-bond donors (Lipinski definition) is 1. The second-order valence-electron chi connectivity index (χ2n) is 7.21. The Morgan fingerprint density at radius 2 is 1.72 bits per heavy atom. The smallest absolute Gasteiger partial charge is 0.340 e. The van der Waals surface area contributed by atoms with E-state index >= 15 is 0 Å². The number of hydrogen-bond acceptors (Lipinski definition) is 5. The summed E-state index contributed by atoms with van der Waals surface area (Å²) in [6, 6.07) is 22.1. The van der Waals surface area contributed by atoms with E-state index < -0.39 is 18.5 Å². The van der Waals surface area contributed by atoms with Gasteiger partial charge >= 0.3 is 5.97 Å². The van der Waals surface area contributed by atoms with Gasteiger partial charge in [0, 0.05) is 13.6 Å². The minimum Gasteiger partial charge on any atom is -0.452 e. The lowest BCUT2D eigenvalue weighted by atomic mass is 10.0. The molecule has 0 aromatic heterocycles. The molecule has 0 aliphatic rings. The first-order chi connectivity index (χ1) is 15.5. The molecule has 7 nitrogen and oxygen atoms in total. The maximum atomic E-state index is 12.7. The monoisotopic (exact) mass is 429 g/mol. The van der Waals surface area contributed by atoms with E-state index in [0.717, 1.165) is 16.3 Å². The van der Waals surface area contributed by atoms with Gasteiger partial charge in [0.05, 0.1) is 30.2 Å². The van der Waals surface area contributed by atoms with Crippen LogP contribution in [0.25, 0.3) is 10.8 Å². The third kappa shape index (κ3) is 5.70. The third-order valence-corrected chi connectivity index (χ3v) is 4.96. The maximum absolute atomic E-state index is 12.7. The number of nitrogens with zero attached hydrogens (tertiary/aromatic N) is 2. The van der Waals surface area contributed by atoms with E-state index in [1.165, 1.54) is 18.0 Å². The number of amides is 2. The highest BCUT2D eigenvalue weighted by atomic mass is 16.5. The molecular formula is C25H23N3O4. The first-order valence-electron chi connectivity index (χ1n) is 10.1. The molecule has 3 aromatic rings. The largest absolute Gasteiger partial charge is 0.452 e. The first kappa shape index (κ1) is 22.5. The van der Waals surface area contributed by atoms with E-state index in [1.807, 2.05) is 48.5 Å². The summed E-state index contributed by atoms with van der Waals surface area (Å²) in [5.41, 5.74) is 1.35. The highest BCUT2D eigenvalue weighted by Gasteiger charge is 2.17. The molecule has 2 amide bonds. The summed E-state index contributed by atoms with van der Waals surface area (Å²) >= 11 is 0. The number of likely N-dealkylation sites (N-methyl/N-ethyl adjacent to an activating group) is 1. The van der Waals surface area contributed by atoms with Crippen LogP contribution in [0.5, 0.6) is 0 Å². The van der Waals surface area contributed by atoms with Gasteiger partial charge in [0.2, 0.25) is 5.91 Å². The lowest BCUT2D eigenvalue weighted by molar-refractivity contribution is -0.133. The van der Waals surface area contributed by atoms with E-state index in [-0.39, 0.29) is 30.9 Å². The molecule has 0 aliphatic carbocycles. The number of esters is 1. The number of benzene rings is 3. The Morgan fingerprint density at radius 1 is 1.00 bits per heavy atom. The first-order valence-corrected chi connectivity index (χ1v) is 10.1. The summed E-state index contributed by atoms with van der Waals surface area (Å²) in [5.74, 6) is -1.40. The van der Waals surface area contributed by atoms with Crippen LogP contribution < -0.4 is 5.32 Å². The maximum Gasteiger partial charge on any atom is 0.340 e. The van der Waals surface area contributed by atoms with Gasteiger partial charge in [-0.1, -0.05) is 54.6 Å².